The number of unbranched alkanes of at least 4 members (excludes halogenated alkanes) is 1. The third-order valence-corrected chi connectivity index (χ3v) is 5.06. The Balaban J connectivity index is 1.52. The summed E-state index contributed by atoms with van der Waals surface area (Å²) in [6, 6.07) is 8.98. The molecular formula is C19H29N3O. The third-order valence-electron chi connectivity index (χ3n) is 5.06. The second kappa shape index (κ2) is 7.71. The van der Waals surface area contributed by atoms with Gasteiger partial charge >= 0.3 is 0 Å². The van der Waals surface area contributed by atoms with Crippen LogP contribution < -0.4 is 9.80 Å². The molecule has 0 spiro atoms. The number of hydrogen-bond donors (Lipinski definition) is 0. The number of carbonyl (C=O) groups is 1. The van der Waals surface area contributed by atoms with E-state index in [2.05, 4.69) is 41.0 Å². The van der Waals surface area contributed by atoms with E-state index < -0.39 is 0 Å². The topological polar surface area (TPSA) is 26.8 Å². The summed E-state index contributed by atoms with van der Waals surface area (Å²) in [6.45, 7) is 8.13. The Morgan fingerprint density at radius 3 is 1.91 bits per heavy atom. The predicted molar refractivity (Wildman–Crippen MR) is 96.2 cm³/mol. The molecule has 0 saturated carbocycles. The van der Waals surface area contributed by atoms with Gasteiger partial charge in [-0.2, -0.15) is 0 Å². The van der Waals surface area contributed by atoms with Gasteiger partial charge in [-0.05, 0) is 43.5 Å². The molecule has 126 valence electrons. The fourth-order valence-electron chi connectivity index (χ4n) is 3.55. The van der Waals surface area contributed by atoms with Crippen molar-refractivity contribution in [2.75, 3.05) is 49.1 Å². The van der Waals surface area contributed by atoms with Crippen molar-refractivity contribution in [3.63, 3.8) is 0 Å². The van der Waals surface area contributed by atoms with Gasteiger partial charge in [-0.15, -0.1) is 0 Å². The molecule has 0 radical (unpaired) electrons. The summed E-state index contributed by atoms with van der Waals surface area (Å²) in [5.41, 5.74) is 2.63. The van der Waals surface area contributed by atoms with Gasteiger partial charge in [0.2, 0.25) is 5.91 Å². The van der Waals surface area contributed by atoms with Gasteiger partial charge in [0.25, 0.3) is 0 Å². The zero-order valence-electron chi connectivity index (χ0n) is 14.3. The van der Waals surface area contributed by atoms with E-state index >= 15 is 0 Å². The Hall–Kier alpha value is -1.71. The maximum Gasteiger partial charge on any atom is 0.222 e. The zero-order chi connectivity index (χ0) is 16.1. The normalized spacial score (nSPS) is 18.6. The molecule has 0 bridgehead atoms. The van der Waals surface area contributed by atoms with Gasteiger partial charge < -0.3 is 14.7 Å². The molecule has 0 aliphatic carbocycles. The lowest BCUT2D eigenvalue weighted by atomic mass is 10.2. The second-order valence-electron chi connectivity index (χ2n) is 6.68. The number of benzene rings is 1. The molecule has 2 fully saturated rings. The molecule has 1 aromatic rings. The van der Waals surface area contributed by atoms with Crippen LogP contribution in [0.3, 0.4) is 0 Å². The molecule has 0 unspecified atom stereocenters. The summed E-state index contributed by atoms with van der Waals surface area (Å²) in [5, 5.41) is 0. The molecule has 2 aliphatic rings. The maximum absolute atomic E-state index is 12.1. The molecule has 0 aromatic heterocycles. The van der Waals surface area contributed by atoms with Gasteiger partial charge in [0.15, 0.2) is 0 Å². The smallest absolute Gasteiger partial charge is 0.222 e. The van der Waals surface area contributed by atoms with Gasteiger partial charge in [-0.3, -0.25) is 4.79 Å². The number of anilines is 2. The molecule has 0 N–H and O–H groups in total. The Morgan fingerprint density at radius 2 is 1.39 bits per heavy atom. The monoisotopic (exact) mass is 315 g/mol. The van der Waals surface area contributed by atoms with Gasteiger partial charge in [0.05, 0.1) is 0 Å². The maximum atomic E-state index is 12.1. The van der Waals surface area contributed by atoms with E-state index in [0.29, 0.717) is 12.3 Å². The van der Waals surface area contributed by atoms with Crippen LogP contribution in [0.4, 0.5) is 11.4 Å². The van der Waals surface area contributed by atoms with Crippen molar-refractivity contribution < 1.29 is 4.79 Å². The molecule has 3 rings (SSSR count). The highest BCUT2D eigenvalue weighted by atomic mass is 16.2. The minimum Gasteiger partial charge on any atom is -0.372 e. The summed E-state index contributed by atoms with van der Waals surface area (Å²) in [7, 11) is 0. The fraction of sp³-hybridized carbons (Fsp3) is 0.632. The molecule has 1 aromatic carbocycles. The Kier molecular flexibility index (Phi) is 5.42. The lowest BCUT2D eigenvalue weighted by Crippen LogP contribution is -2.48. The lowest BCUT2D eigenvalue weighted by Gasteiger charge is -2.36. The van der Waals surface area contributed by atoms with Gasteiger partial charge in [0.1, 0.15) is 0 Å². The number of nitrogens with zero attached hydrogens (tertiary/aromatic N) is 3. The van der Waals surface area contributed by atoms with Crippen LogP contribution in [0.2, 0.25) is 0 Å². The van der Waals surface area contributed by atoms with Crippen molar-refractivity contribution in [2.24, 2.45) is 0 Å². The van der Waals surface area contributed by atoms with E-state index in [1.54, 1.807) is 0 Å². The molecule has 0 atom stereocenters. The van der Waals surface area contributed by atoms with Gasteiger partial charge in [0, 0.05) is 57.1 Å². The van der Waals surface area contributed by atoms with Crippen LogP contribution in [0.15, 0.2) is 24.3 Å². The first kappa shape index (κ1) is 16.2. The highest BCUT2D eigenvalue weighted by Gasteiger charge is 2.21. The second-order valence-corrected chi connectivity index (χ2v) is 6.68. The quantitative estimate of drug-likeness (QED) is 0.835. The van der Waals surface area contributed by atoms with Crippen LogP contribution in [-0.4, -0.2) is 50.1 Å². The average Bonchev–Trinajstić information content (AvgIpc) is 3.14. The van der Waals surface area contributed by atoms with Crippen LogP contribution >= 0.6 is 0 Å². The van der Waals surface area contributed by atoms with Crippen LogP contribution in [0.25, 0.3) is 0 Å². The minimum absolute atomic E-state index is 0.330. The number of rotatable bonds is 5. The van der Waals surface area contributed by atoms with Gasteiger partial charge in [-0.1, -0.05) is 13.3 Å². The number of amides is 1. The first-order valence-electron chi connectivity index (χ1n) is 9.15. The van der Waals surface area contributed by atoms with E-state index in [1.807, 2.05) is 4.90 Å². The number of piperazine rings is 1. The van der Waals surface area contributed by atoms with Crippen LogP contribution in [-0.2, 0) is 4.79 Å². The highest BCUT2D eigenvalue weighted by molar-refractivity contribution is 5.76. The number of hydrogen-bond acceptors (Lipinski definition) is 3. The molecule has 2 heterocycles. The summed E-state index contributed by atoms with van der Waals surface area (Å²) >= 11 is 0. The lowest BCUT2D eigenvalue weighted by molar-refractivity contribution is -0.131. The van der Waals surface area contributed by atoms with E-state index in [9.17, 15) is 4.79 Å². The van der Waals surface area contributed by atoms with Crippen molar-refractivity contribution in [1.29, 1.82) is 0 Å². The van der Waals surface area contributed by atoms with E-state index in [0.717, 1.165) is 39.0 Å². The van der Waals surface area contributed by atoms with Crippen molar-refractivity contribution in [3.8, 4) is 0 Å². The molecule has 2 aliphatic heterocycles. The largest absolute Gasteiger partial charge is 0.372 e. The van der Waals surface area contributed by atoms with Crippen molar-refractivity contribution >= 4 is 17.3 Å². The first-order chi connectivity index (χ1) is 11.3. The van der Waals surface area contributed by atoms with Crippen LogP contribution in [0, 0.1) is 0 Å². The van der Waals surface area contributed by atoms with Crippen LogP contribution in [0.5, 0.6) is 0 Å². The van der Waals surface area contributed by atoms with E-state index in [-0.39, 0.29) is 0 Å². The average molecular weight is 315 g/mol. The summed E-state index contributed by atoms with van der Waals surface area (Å²) in [5.74, 6) is 0.330. The first-order valence-corrected chi connectivity index (χ1v) is 9.15. The minimum atomic E-state index is 0.330. The molecule has 4 nitrogen and oxygen atoms in total. The Bertz CT molecular complexity index is 500. The fourth-order valence-corrected chi connectivity index (χ4v) is 3.55. The van der Waals surface area contributed by atoms with E-state index in [4.69, 9.17) is 0 Å². The Labute approximate surface area is 140 Å². The van der Waals surface area contributed by atoms with Crippen LogP contribution in [0.1, 0.15) is 39.0 Å². The van der Waals surface area contributed by atoms with E-state index in [1.165, 1.54) is 37.3 Å². The van der Waals surface area contributed by atoms with Gasteiger partial charge in [-0.25, -0.2) is 0 Å². The van der Waals surface area contributed by atoms with Crippen molar-refractivity contribution in [1.82, 2.24) is 4.90 Å². The summed E-state index contributed by atoms with van der Waals surface area (Å²) < 4.78 is 0. The zero-order valence-corrected chi connectivity index (χ0v) is 14.3. The SMILES string of the molecule is CCCCC(=O)N1CCN(c2ccc(N3CCCC3)cc2)CC1. The summed E-state index contributed by atoms with van der Waals surface area (Å²) in [4.78, 5) is 19.0. The summed E-state index contributed by atoms with van der Waals surface area (Å²) in [6.07, 6.45) is 5.44. The Morgan fingerprint density at radius 1 is 0.870 bits per heavy atom. The molecule has 1 amide bonds. The predicted octanol–water partition coefficient (Wildman–Crippen LogP) is 3.13. The highest BCUT2D eigenvalue weighted by Crippen LogP contribution is 2.24. The van der Waals surface area contributed by atoms with Crippen molar-refractivity contribution in [3.05, 3.63) is 24.3 Å². The van der Waals surface area contributed by atoms with Crippen molar-refractivity contribution in [2.45, 2.75) is 39.0 Å². The third kappa shape index (κ3) is 3.98. The number of carbonyl (C=O) groups excluding carboxylic acids is 1. The molecular weight excluding hydrogens is 286 g/mol. The molecule has 4 heteroatoms. The molecule has 2 saturated heterocycles. The standard InChI is InChI=1S/C19H29N3O/c1-2-3-6-19(23)22-15-13-21(14-16-22)18-9-7-17(8-10-18)20-11-4-5-12-20/h7-10H,2-6,11-16H2,1H3. The molecule has 23 heavy (non-hydrogen) atoms.